The first-order chi connectivity index (χ1) is 12.8. The van der Waals surface area contributed by atoms with Crippen molar-refractivity contribution in [3.8, 4) is 0 Å². The third-order valence-electron chi connectivity index (χ3n) is 6.09. The SMILES string of the molecule is CCN1CCCC(CNC(=NC)N2CCC(Cc3ccccc3)CC2)C1. The molecule has 0 aromatic heterocycles. The van der Waals surface area contributed by atoms with Gasteiger partial charge in [-0.05, 0) is 62.6 Å². The molecule has 0 saturated carbocycles. The van der Waals surface area contributed by atoms with Crippen molar-refractivity contribution in [2.45, 2.75) is 39.0 Å². The summed E-state index contributed by atoms with van der Waals surface area (Å²) in [4.78, 5) is 9.60. The number of nitrogens with one attached hydrogen (secondary N) is 1. The molecule has 1 unspecified atom stereocenters. The van der Waals surface area contributed by atoms with Crippen molar-refractivity contribution in [1.82, 2.24) is 15.1 Å². The molecule has 1 atom stereocenters. The van der Waals surface area contributed by atoms with E-state index in [1.165, 1.54) is 57.3 Å². The van der Waals surface area contributed by atoms with Gasteiger partial charge in [-0.2, -0.15) is 0 Å². The van der Waals surface area contributed by atoms with Crippen molar-refractivity contribution >= 4 is 5.96 Å². The maximum atomic E-state index is 4.56. The van der Waals surface area contributed by atoms with Crippen molar-refractivity contribution in [3.63, 3.8) is 0 Å². The van der Waals surface area contributed by atoms with Gasteiger partial charge in [-0.15, -0.1) is 0 Å². The van der Waals surface area contributed by atoms with Crippen molar-refractivity contribution in [2.24, 2.45) is 16.8 Å². The summed E-state index contributed by atoms with van der Waals surface area (Å²) in [7, 11) is 1.93. The van der Waals surface area contributed by atoms with Crippen LogP contribution in [-0.2, 0) is 6.42 Å². The average Bonchev–Trinajstić information content (AvgIpc) is 2.70. The van der Waals surface area contributed by atoms with Gasteiger partial charge in [0.15, 0.2) is 5.96 Å². The number of guanidine groups is 1. The van der Waals surface area contributed by atoms with Crippen LogP contribution < -0.4 is 5.32 Å². The minimum atomic E-state index is 0.760. The first-order valence-corrected chi connectivity index (χ1v) is 10.5. The summed E-state index contributed by atoms with van der Waals surface area (Å²) in [6.45, 7) is 9.28. The van der Waals surface area contributed by atoms with Crippen LogP contribution in [0.2, 0.25) is 0 Å². The van der Waals surface area contributed by atoms with Crippen LogP contribution in [0.3, 0.4) is 0 Å². The zero-order valence-corrected chi connectivity index (χ0v) is 16.7. The highest BCUT2D eigenvalue weighted by molar-refractivity contribution is 5.79. The van der Waals surface area contributed by atoms with E-state index in [1.54, 1.807) is 0 Å². The highest BCUT2D eigenvalue weighted by atomic mass is 15.3. The van der Waals surface area contributed by atoms with Crippen LogP contribution in [-0.4, -0.2) is 62.1 Å². The van der Waals surface area contributed by atoms with Gasteiger partial charge in [0.1, 0.15) is 0 Å². The molecule has 2 aliphatic rings. The molecule has 0 bridgehead atoms. The Bertz CT molecular complexity index is 549. The Morgan fingerprint density at radius 3 is 2.54 bits per heavy atom. The molecule has 1 aromatic rings. The number of nitrogens with zero attached hydrogens (tertiary/aromatic N) is 3. The smallest absolute Gasteiger partial charge is 0.193 e. The second-order valence-electron chi connectivity index (χ2n) is 7.95. The molecule has 0 spiro atoms. The minimum Gasteiger partial charge on any atom is -0.356 e. The third kappa shape index (κ3) is 5.47. The number of piperidine rings is 2. The summed E-state index contributed by atoms with van der Waals surface area (Å²) in [5.74, 6) is 2.68. The number of hydrogen-bond acceptors (Lipinski definition) is 2. The molecule has 3 rings (SSSR count). The quantitative estimate of drug-likeness (QED) is 0.649. The van der Waals surface area contributed by atoms with Gasteiger partial charge in [-0.1, -0.05) is 37.3 Å². The maximum Gasteiger partial charge on any atom is 0.193 e. The zero-order valence-electron chi connectivity index (χ0n) is 16.7. The number of rotatable bonds is 5. The molecule has 2 aliphatic heterocycles. The van der Waals surface area contributed by atoms with E-state index in [9.17, 15) is 0 Å². The Balaban J connectivity index is 1.42. The van der Waals surface area contributed by atoms with Crippen molar-refractivity contribution < 1.29 is 0 Å². The molecule has 1 N–H and O–H groups in total. The first kappa shape index (κ1) is 19.2. The highest BCUT2D eigenvalue weighted by Gasteiger charge is 2.23. The van der Waals surface area contributed by atoms with Gasteiger partial charge in [0.25, 0.3) is 0 Å². The van der Waals surface area contributed by atoms with E-state index >= 15 is 0 Å². The van der Waals surface area contributed by atoms with Crippen molar-refractivity contribution in [3.05, 3.63) is 35.9 Å². The Morgan fingerprint density at radius 1 is 1.08 bits per heavy atom. The van der Waals surface area contributed by atoms with Crippen LogP contribution >= 0.6 is 0 Å². The van der Waals surface area contributed by atoms with Gasteiger partial charge in [0.05, 0.1) is 0 Å². The third-order valence-corrected chi connectivity index (χ3v) is 6.09. The summed E-state index contributed by atoms with van der Waals surface area (Å²) in [5, 5.41) is 3.67. The van der Waals surface area contributed by atoms with Crippen LogP contribution in [0.5, 0.6) is 0 Å². The predicted molar refractivity (Wildman–Crippen MR) is 111 cm³/mol. The molecule has 2 heterocycles. The Kier molecular flexibility index (Phi) is 7.36. The summed E-state index contributed by atoms with van der Waals surface area (Å²) in [5.41, 5.74) is 1.48. The lowest BCUT2D eigenvalue weighted by Gasteiger charge is -2.36. The second-order valence-corrected chi connectivity index (χ2v) is 7.95. The van der Waals surface area contributed by atoms with Gasteiger partial charge < -0.3 is 15.1 Å². The molecule has 2 fully saturated rings. The number of likely N-dealkylation sites (tertiary alicyclic amines) is 2. The van der Waals surface area contributed by atoms with Crippen molar-refractivity contribution in [2.75, 3.05) is 46.3 Å². The lowest BCUT2D eigenvalue weighted by Crippen LogP contribution is -2.48. The Hall–Kier alpha value is -1.55. The van der Waals surface area contributed by atoms with Gasteiger partial charge in [0.2, 0.25) is 0 Å². The molecule has 26 heavy (non-hydrogen) atoms. The van der Waals surface area contributed by atoms with E-state index in [1.807, 2.05) is 7.05 Å². The summed E-state index contributed by atoms with van der Waals surface area (Å²) < 4.78 is 0. The minimum absolute atomic E-state index is 0.760. The summed E-state index contributed by atoms with van der Waals surface area (Å²) >= 11 is 0. The van der Waals surface area contributed by atoms with Gasteiger partial charge in [-0.3, -0.25) is 4.99 Å². The van der Waals surface area contributed by atoms with Gasteiger partial charge in [-0.25, -0.2) is 0 Å². The molecule has 0 aliphatic carbocycles. The monoisotopic (exact) mass is 356 g/mol. The molecule has 2 saturated heterocycles. The molecule has 4 heteroatoms. The molecule has 0 amide bonds. The van der Waals surface area contributed by atoms with Crippen LogP contribution in [0.1, 0.15) is 38.2 Å². The highest BCUT2D eigenvalue weighted by Crippen LogP contribution is 2.22. The topological polar surface area (TPSA) is 30.9 Å². The Labute approximate surface area is 159 Å². The molecule has 0 radical (unpaired) electrons. The number of aliphatic imine (C=N–C) groups is 1. The van der Waals surface area contributed by atoms with Crippen LogP contribution in [0.15, 0.2) is 35.3 Å². The molecule has 144 valence electrons. The molecule has 1 aromatic carbocycles. The van der Waals surface area contributed by atoms with E-state index in [4.69, 9.17) is 0 Å². The lowest BCUT2D eigenvalue weighted by molar-refractivity contribution is 0.182. The fraction of sp³-hybridized carbons (Fsp3) is 0.682. The van der Waals surface area contributed by atoms with Crippen LogP contribution in [0.25, 0.3) is 0 Å². The summed E-state index contributed by atoms with van der Waals surface area (Å²) in [6.07, 6.45) is 6.43. The van der Waals surface area contributed by atoms with Crippen molar-refractivity contribution in [1.29, 1.82) is 0 Å². The van der Waals surface area contributed by atoms with Crippen LogP contribution in [0.4, 0.5) is 0 Å². The largest absolute Gasteiger partial charge is 0.356 e. The van der Waals surface area contributed by atoms with E-state index < -0.39 is 0 Å². The first-order valence-electron chi connectivity index (χ1n) is 10.5. The predicted octanol–water partition coefficient (Wildman–Crippen LogP) is 3.25. The lowest BCUT2D eigenvalue weighted by atomic mass is 9.90. The van der Waals surface area contributed by atoms with Crippen LogP contribution in [0, 0.1) is 11.8 Å². The molecule has 4 nitrogen and oxygen atoms in total. The number of hydrogen-bond donors (Lipinski definition) is 1. The maximum absolute atomic E-state index is 4.56. The zero-order chi connectivity index (χ0) is 18.2. The van der Waals surface area contributed by atoms with E-state index in [2.05, 4.69) is 57.4 Å². The van der Waals surface area contributed by atoms with Gasteiger partial charge in [0, 0.05) is 33.2 Å². The normalized spacial score (nSPS) is 23.2. The van der Waals surface area contributed by atoms with E-state index in [0.717, 1.165) is 37.4 Å². The van der Waals surface area contributed by atoms with E-state index in [0.29, 0.717) is 0 Å². The fourth-order valence-corrected chi connectivity index (χ4v) is 4.47. The number of benzene rings is 1. The average molecular weight is 357 g/mol. The molecular weight excluding hydrogens is 320 g/mol. The van der Waals surface area contributed by atoms with Gasteiger partial charge >= 0.3 is 0 Å². The summed E-state index contributed by atoms with van der Waals surface area (Å²) in [6, 6.07) is 10.9. The Morgan fingerprint density at radius 2 is 1.85 bits per heavy atom. The fourth-order valence-electron chi connectivity index (χ4n) is 4.47. The standard InChI is InChI=1S/C22H36N4/c1-3-25-13-7-10-21(18-25)17-24-22(23-2)26-14-11-20(12-15-26)16-19-8-5-4-6-9-19/h4-6,8-9,20-21H,3,7,10-18H2,1-2H3,(H,23,24). The second kappa shape index (κ2) is 9.96. The van der Waals surface area contributed by atoms with E-state index in [-0.39, 0.29) is 0 Å². The molecular formula is C22H36N4.